The lowest BCUT2D eigenvalue weighted by molar-refractivity contribution is 0.341. The van der Waals surface area contributed by atoms with Gasteiger partial charge >= 0.3 is 0 Å². The van der Waals surface area contributed by atoms with Crippen molar-refractivity contribution in [3.63, 3.8) is 0 Å². The summed E-state index contributed by atoms with van der Waals surface area (Å²) < 4.78 is 0. The molecule has 0 spiro atoms. The van der Waals surface area contributed by atoms with Crippen LogP contribution >= 0.6 is 0 Å². The summed E-state index contributed by atoms with van der Waals surface area (Å²) in [5.41, 5.74) is 0.171. The zero-order valence-corrected chi connectivity index (χ0v) is 6.93. The number of hydrogen-bond acceptors (Lipinski definition) is 2. The molecule has 60 valence electrons. The molecule has 0 saturated heterocycles. The zero-order valence-electron chi connectivity index (χ0n) is 6.93. The maximum atomic E-state index is 8.38. The Morgan fingerprint density at radius 3 is 3.00 bits per heavy atom. The third-order valence-electron chi connectivity index (χ3n) is 2.19. The standard InChI is InChI=1S/C9H14N2/c1-9(11-8-7-10)5-3-2-4-6-9/h2-3,11H,4-6,8H2,1H3. The van der Waals surface area contributed by atoms with E-state index in [-0.39, 0.29) is 5.54 Å². The molecule has 0 radical (unpaired) electrons. The molecule has 0 bridgehead atoms. The van der Waals surface area contributed by atoms with Gasteiger partial charge in [0.2, 0.25) is 0 Å². The largest absolute Gasteiger partial charge is 0.299 e. The van der Waals surface area contributed by atoms with Crippen LogP contribution < -0.4 is 5.32 Å². The van der Waals surface area contributed by atoms with Gasteiger partial charge in [-0.1, -0.05) is 12.2 Å². The van der Waals surface area contributed by atoms with Crippen molar-refractivity contribution >= 4 is 0 Å². The Balaban J connectivity index is 2.40. The summed E-state index contributed by atoms with van der Waals surface area (Å²) in [7, 11) is 0. The van der Waals surface area contributed by atoms with Gasteiger partial charge in [-0.25, -0.2) is 0 Å². The normalized spacial score (nSPS) is 29.8. The molecular formula is C9H14N2. The quantitative estimate of drug-likeness (QED) is 0.479. The van der Waals surface area contributed by atoms with Gasteiger partial charge in [0, 0.05) is 5.54 Å². The van der Waals surface area contributed by atoms with Crippen LogP contribution in [0.4, 0.5) is 0 Å². The van der Waals surface area contributed by atoms with E-state index < -0.39 is 0 Å². The van der Waals surface area contributed by atoms with E-state index in [1.54, 1.807) is 0 Å². The van der Waals surface area contributed by atoms with Crippen LogP contribution in [0.25, 0.3) is 0 Å². The minimum atomic E-state index is 0.171. The third-order valence-corrected chi connectivity index (χ3v) is 2.19. The fourth-order valence-electron chi connectivity index (χ4n) is 1.38. The highest BCUT2D eigenvalue weighted by Crippen LogP contribution is 2.21. The maximum Gasteiger partial charge on any atom is 0.0845 e. The Labute approximate surface area is 67.9 Å². The lowest BCUT2D eigenvalue weighted by atomic mass is 9.88. The van der Waals surface area contributed by atoms with E-state index in [9.17, 15) is 0 Å². The van der Waals surface area contributed by atoms with Crippen LogP contribution in [0.1, 0.15) is 26.2 Å². The van der Waals surface area contributed by atoms with Crippen LogP contribution in [0.15, 0.2) is 12.2 Å². The third kappa shape index (κ3) is 2.36. The van der Waals surface area contributed by atoms with E-state index in [2.05, 4.69) is 30.5 Å². The summed E-state index contributed by atoms with van der Waals surface area (Å²) in [4.78, 5) is 0. The second-order valence-electron chi connectivity index (χ2n) is 3.29. The van der Waals surface area contributed by atoms with Gasteiger partial charge in [0.15, 0.2) is 0 Å². The first kappa shape index (κ1) is 8.29. The highest BCUT2D eigenvalue weighted by atomic mass is 15.0. The Hall–Kier alpha value is -0.810. The molecule has 0 aromatic carbocycles. The molecule has 11 heavy (non-hydrogen) atoms. The van der Waals surface area contributed by atoms with E-state index in [1.807, 2.05) is 0 Å². The SMILES string of the molecule is CC1(NCC#N)CC=CCC1. The van der Waals surface area contributed by atoms with E-state index >= 15 is 0 Å². The number of nitriles is 1. The van der Waals surface area contributed by atoms with Crippen LogP contribution in [-0.2, 0) is 0 Å². The van der Waals surface area contributed by atoms with Crippen molar-refractivity contribution in [2.24, 2.45) is 0 Å². The Morgan fingerprint density at radius 2 is 2.45 bits per heavy atom. The van der Waals surface area contributed by atoms with Gasteiger partial charge in [-0.15, -0.1) is 0 Å². The predicted molar refractivity (Wildman–Crippen MR) is 45.0 cm³/mol. The monoisotopic (exact) mass is 150 g/mol. The molecule has 1 unspecified atom stereocenters. The van der Waals surface area contributed by atoms with Crippen LogP contribution in [0.3, 0.4) is 0 Å². The molecule has 1 aliphatic rings. The minimum Gasteiger partial charge on any atom is -0.299 e. The van der Waals surface area contributed by atoms with E-state index in [0.717, 1.165) is 19.3 Å². The first-order valence-electron chi connectivity index (χ1n) is 4.04. The van der Waals surface area contributed by atoms with Gasteiger partial charge < -0.3 is 0 Å². The van der Waals surface area contributed by atoms with Crippen molar-refractivity contribution in [2.45, 2.75) is 31.7 Å². The van der Waals surface area contributed by atoms with Crippen LogP contribution in [-0.4, -0.2) is 12.1 Å². The van der Waals surface area contributed by atoms with Gasteiger partial charge in [0.05, 0.1) is 12.6 Å². The van der Waals surface area contributed by atoms with Crippen molar-refractivity contribution in [3.8, 4) is 6.07 Å². The smallest absolute Gasteiger partial charge is 0.0845 e. The second kappa shape index (κ2) is 3.54. The molecule has 1 aliphatic carbocycles. The van der Waals surface area contributed by atoms with E-state index in [0.29, 0.717) is 6.54 Å². The molecule has 1 atom stereocenters. The summed E-state index contributed by atoms with van der Waals surface area (Å²) in [5, 5.41) is 11.6. The van der Waals surface area contributed by atoms with Gasteiger partial charge in [-0.2, -0.15) is 5.26 Å². The van der Waals surface area contributed by atoms with Gasteiger partial charge in [0.1, 0.15) is 0 Å². The van der Waals surface area contributed by atoms with E-state index in [4.69, 9.17) is 5.26 Å². The lowest BCUT2D eigenvalue weighted by Crippen LogP contribution is -2.42. The maximum absolute atomic E-state index is 8.38. The molecule has 0 aromatic rings. The summed E-state index contributed by atoms with van der Waals surface area (Å²) in [6.45, 7) is 2.64. The average Bonchev–Trinajstić information content (AvgIpc) is 2.03. The molecule has 0 saturated carbocycles. The molecular weight excluding hydrogens is 136 g/mol. The van der Waals surface area contributed by atoms with Crippen LogP contribution in [0, 0.1) is 11.3 Å². The molecule has 2 nitrogen and oxygen atoms in total. The fourth-order valence-corrected chi connectivity index (χ4v) is 1.38. The summed E-state index contributed by atoms with van der Waals surface area (Å²) in [5.74, 6) is 0. The molecule has 0 amide bonds. The van der Waals surface area contributed by atoms with Crippen molar-refractivity contribution in [2.75, 3.05) is 6.54 Å². The summed E-state index contributed by atoms with van der Waals surface area (Å²) in [6, 6.07) is 2.10. The number of hydrogen-bond donors (Lipinski definition) is 1. The molecule has 0 aromatic heterocycles. The first-order chi connectivity index (χ1) is 5.27. The first-order valence-corrected chi connectivity index (χ1v) is 4.04. The van der Waals surface area contributed by atoms with Crippen molar-refractivity contribution in [1.82, 2.24) is 5.32 Å². The minimum absolute atomic E-state index is 0.171. The summed E-state index contributed by atoms with van der Waals surface area (Å²) in [6.07, 6.45) is 7.72. The molecule has 1 rings (SSSR count). The molecule has 0 fully saturated rings. The average molecular weight is 150 g/mol. The Bertz CT molecular complexity index is 190. The Kier molecular flexibility index (Phi) is 2.67. The van der Waals surface area contributed by atoms with Crippen LogP contribution in [0.2, 0.25) is 0 Å². The predicted octanol–water partition coefficient (Wildman–Crippen LogP) is 1.60. The van der Waals surface area contributed by atoms with Gasteiger partial charge in [-0.3, -0.25) is 5.32 Å². The van der Waals surface area contributed by atoms with Crippen molar-refractivity contribution in [3.05, 3.63) is 12.2 Å². The molecule has 2 heteroatoms. The molecule has 0 aliphatic heterocycles. The number of allylic oxidation sites excluding steroid dienone is 1. The van der Waals surface area contributed by atoms with Crippen LogP contribution in [0.5, 0.6) is 0 Å². The second-order valence-corrected chi connectivity index (χ2v) is 3.29. The topological polar surface area (TPSA) is 35.8 Å². The van der Waals surface area contributed by atoms with Crippen molar-refractivity contribution < 1.29 is 0 Å². The molecule has 1 N–H and O–H groups in total. The Morgan fingerprint density at radius 1 is 1.64 bits per heavy atom. The number of nitrogens with one attached hydrogen (secondary N) is 1. The van der Waals surface area contributed by atoms with Gasteiger partial charge in [-0.05, 0) is 26.2 Å². The van der Waals surface area contributed by atoms with Gasteiger partial charge in [0.25, 0.3) is 0 Å². The highest BCUT2D eigenvalue weighted by Gasteiger charge is 2.22. The zero-order chi connectivity index (χ0) is 8.16. The van der Waals surface area contributed by atoms with E-state index in [1.165, 1.54) is 0 Å². The number of rotatable bonds is 2. The van der Waals surface area contributed by atoms with Crippen molar-refractivity contribution in [1.29, 1.82) is 5.26 Å². The molecule has 0 heterocycles. The fraction of sp³-hybridized carbons (Fsp3) is 0.667. The lowest BCUT2D eigenvalue weighted by Gasteiger charge is -2.30. The highest BCUT2D eigenvalue weighted by molar-refractivity contribution is 5.01. The number of nitrogens with zero attached hydrogens (tertiary/aromatic N) is 1. The summed E-state index contributed by atoms with van der Waals surface area (Å²) >= 11 is 0.